The number of hydrogen-bond donors (Lipinski definition) is 3. The number of aliphatic hydroxyl groups excluding tert-OH is 1. The zero-order chi connectivity index (χ0) is 17.1. The highest BCUT2D eigenvalue weighted by Crippen LogP contribution is 2.29. The van der Waals surface area contributed by atoms with E-state index in [4.69, 9.17) is 4.74 Å². The minimum absolute atomic E-state index is 0.0860. The van der Waals surface area contributed by atoms with Gasteiger partial charge in [-0.15, -0.1) is 0 Å². The van der Waals surface area contributed by atoms with Crippen molar-refractivity contribution >= 4 is 23.2 Å². The Labute approximate surface area is 141 Å². The number of hydrogen-bond acceptors (Lipinski definition) is 5. The topological polar surface area (TPSA) is 90.9 Å². The fourth-order valence-corrected chi connectivity index (χ4v) is 3.09. The van der Waals surface area contributed by atoms with Crippen LogP contribution in [-0.4, -0.2) is 49.5 Å². The number of nitrogens with one attached hydrogen (secondary N) is 2. The highest BCUT2D eigenvalue weighted by atomic mass is 16.6. The van der Waals surface area contributed by atoms with E-state index in [0.29, 0.717) is 13.0 Å². The maximum atomic E-state index is 12.0. The Morgan fingerprint density at radius 2 is 2.12 bits per heavy atom. The number of nitrogens with zero attached hydrogens (tertiary/aromatic N) is 1. The molecule has 7 nitrogen and oxygen atoms in total. The van der Waals surface area contributed by atoms with Crippen molar-refractivity contribution in [2.75, 3.05) is 30.4 Å². The molecule has 2 amide bonds. The second-order valence-corrected chi connectivity index (χ2v) is 6.29. The van der Waals surface area contributed by atoms with Gasteiger partial charge in [0.05, 0.1) is 12.6 Å². The Hall–Kier alpha value is -2.12. The van der Waals surface area contributed by atoms with Crippen molar-refractivity contribution < 1.29 is 19.4 Å². The third kappa shape index (κ3) is 3.85. The van der Waals surface area contributed by atoms with Crippen LogP contribution in [0.15, 0.2) is 18.2 Å². The first-order chi connectivity index (χ1) is 11.5. The summed E-state index contributed by atoms with van der Waals surface area (Å²) in [4.78, 5) is 26.0. The van der Waals surface area contributed by atoms with Crippen LogP contribution in [0.4, 0.5) is 11.4 Å². The third-order valence-electron chi connectivity index (χ3n) is 4.48. The van der Waals surface area contributed by atoms with Crippen molar-refractivity contribution in [2.24, 2.45) is 0 Å². The molecule has 3 N–H and O–H groups in total. The molecule has 2 aliphatic rings. The fourth-order valence-electron chi connectivity index (χ4n) is 3.09. The monoisotopic (exact) mass is 333 g/mol. The lowest BCUT2D eigenvalue weighted by Crippen LogP contribution is -2.40. The van der Waals surface area contributed by atoms with Gasteiger partial charge >= 0.3 is 0 Å². The number of likely N-dealkylation sites (N-methyl/N-ethyl adjacent to an activating group) is 1. The molecule has 7 heteroatoms. The predicted octanol–water partition coefficient (Wildman–Crippen LogP) is 0.621. The molecule has 1 aromatic carbocycles. The van der Waals surface area contributed by atoms with Crippen LogP contribution in [0.1, 0.15) is 24.8 Å². The molecule has 0 aliphatic carbocycles. The Balaban J connectivity index is 1.45. The van der Waals surface area contributed by atoms with Gasteiger partial charge in [0.15, 0.2) is 6.29 Å². The lowest BCUT2D eigenvalue weighted by Gasteiger charge is -2.15. The number of benzene rings is 1. The second kappa shape index (κ2) is 7.19. The number of fused-ring (bicyclic) bond motifs is 1. The molecule has 1 fully saturated rings. The van der Waals surface area contributed by atoms with E-state index in [-0.39, 0.29) is 30.7 Å². The van der Waals surface area contributed by atoms with Gasteiger partial charge in [-0.2, -0.15) is 0 Å². The van der Waals surface area contributed by atoms with Crippen LogP contribution in [-0.2, 0) is 20.7 Å². The molecule has 2 heterocycles. The predicted molar refractivity (Wildman–Crippen MR) is 89.8 cm³/mol. The summed E-state index contributed by atoms with van der Waals surface area (Å²) in [6.45, 7) is 1.42. The molecule has 1 saturated heterocycles. The Bertz CT molecular complexity index is 634. The molecule has 1 aromatic rings. The number of carbonyl (C=O) groups excluding carboxylic acids is 2. The summed E-state index contributed by atoms with van der Waals surface area (Å²) >= 11 is 0. The van der Waals surface area contributed by atoms with Crippen LogP contribution in [0, 0.1) is 0 Å². The first kappa shape index (κ1) is 16.7. The maximum Gasteiger partial charge on any atom is 0.224 e. The van der Waals surface area contributed by atoms with Gasteiger partial charge in [-0.05, 0) is 36.6 Å². The van der Waals surface area contributed by atoms with Crippen molar-refractivity contribution in [3.63, 3.8) is 0 Å². The number of rotatable bonds is 5. The summed E-state index contributed by atoms with van der Waals surface area (Å²) in [5.74, 6) is -0.449. The number of ether oxygens (including phenoxy) is 1. The highest BCUT2D eigenvalue weighted by molar-refractivity contribution is 5.93. The molecule has 2 unspecified atom stereocenters. The van der Waals surface area contributed by atoms with Gasteiger partial charge in [0.2, 0.25) is 11.8 Å². The lowest BCUT2D eigenvalue weighted by molar-refractivity contribution is -0.127. The van der Waals surface area contributed by atoms with Crippen LogP contribution >= 0.6 is 0 Å². The molecule has 0 radical (unpaired) electrons. The van der Waals surface area contributed by atoms with Crippen LogP contribution in [0.25, 0.3) is 0 Å². The van der Waals surface area contributed by atoms with E-state index >= 15 is 0 Å². The minimum atomic E-state index is -0.952. The molecule has 24 heavy (non-hydrogen) atoms. The van der Waals surface area contributed by atoms with Crippen molar-refractivity contribution in [1.29, 1.82) is 0 Å². The Morgan fingerprint density at radius 3 is 2.88 bits per heavy atom. The van der Waals surface area contributed by atoms with Gasteiger partial charge < -0.3 is 25.4 Å². The quantitative estimate of drug-likeness (QED) is 0.735. The van der Waals surface area contributed by atoms with E-state index in [9.17, 15) is 14.7 Å². The zero-order valence-electron chi connectivity index (χ0n) is 13.7. The molecule has 0 aromatic heterocycles. The molecular weight excluding hydrogens is 310 g/mol. The molecule has 130 valence electrons. The van der Waals surface area contributed by atoms with Gasteiger partial charge in [0.25, 0.3) is 0 Å². The van der Waals surface area contributed by atoms with E-state index in [1.54, 1.807) is 0 Å². The maximum absolute atomic E-state index is 12.0. The number of carbonyl (C=O) groups is 2. The molecule has 2 aliphatic heterocycles. The van der Waals surface area contributed by atoms with Crippen molar-refractivity contribution in [1.82, 2.24) is 5.32 Å². The number of anilines is 2. The largest absolute Gasteiger partial charge is 0.374 e. The van der Waals surface area contributed by atoms with Gasteiger partial charge in [0.1, 0.15) is 0 Å². The van der Waals surface area contributed by atoms with E-state index in [0.717, 1.165) is 18.7 Å². The number of amides is 2. The van der Waals surface area contributed by atoms with E-state index in [1.165, 1.54) is 11.3 Å². The Kier molecular flexibility index (Phi) is 5.01. The van der Waals surface area contributed by atoms with Crippen LogP contribution in [0.5, 0.6) is 0 Å². The van der Waals surface area contributed by atoms with Crippen molar-refractivity contribution in [2.45, 2.75) is 38.0 Å². The molecule has 0 bridgehead atoms. The van der Waals surface area contributed by atoms with Crippen LogP contribution in [0.3, 0.4) is 0 Å². The summed E-state index contributed by atoms with van der Waals surface area (Å²) < 4.78 is 4.97. The van der Waals surface area contributed by atoms with Crippen LogP contribution < -0.4 is 15.5 Å². The van der Waals surface area contributed by atoms with Crippen molar-refractivity contribution in [3.8, 4) is 0 Å². The van der Waals surface area contributed by atoms with Gasteiger partial charge in [-0.3, -0.25) is 9.59 Å². The van der Waals surface area contributed by atoms with E-state index < -0.39 is 6.29 Å². The molecule has 3 rings (SSSR count). The summed E-state index contributed by atoms with van der Waals surface area (Å²) in [5.41, 5.74) is 3.18. The standard InChI is InChI=1S/C17H23N3O4/c1-20-8-6-11-10-12(2-3-14(11)20)18-15(21)4-5-16(22)19-13-7-9-24-17(13)23/h2-3,10,13,17,23H,4-9H2,1H3,(H,18,21)(H,19,22). The minimum Gasteiger partial charge on any atom is -0.374 e. The Morgan fingerprint density at radius 1 is 1.33 bits per heavy atom. The molecule has 0 saturated carbocycles. The first-order valence-electron chi connectivity index (χ1n) is 8.26. The molecule has 0 spiro atoms. The summed E-state index contributed by atoms with van der Waals surface area (Å²) in [6.07, 6.45) is 0.800. The molecule has 2 atom stereocenters. The van der Waals surface area contributed by atoms with Gasteiger partial charge in [-0.25, -0.2) is 0 Å². The molecular formula is C17H23N3O4. The van der Waals surface area contributed by atoms with Crippen LogP contribution in [0.2, 0.25) is 0 Å². The average molecular weight is 333 g/mol. The third-order valence-corrected chi connectivity index (χ3v) is 4.48. The van der Waals surface area contributed by atoms with E-state index in [2.05, 4.69) is 22.6 Å². The highest BCUT2D eigenvalue weighted by Gasteiger charge is 2.27. The van der Waals surface area contributed by atoms with Crippen molar-refractivity contribution in [3.05, 3.63) is 23.8 Å². The smallest absolute Gasteiger partial charge is 0.224 e. The van der Waals surface area contributed by atoms with Gasteiger partial charge in [0, 0.05) is 37.8 Å². The first-order valence-corrected chi connectivity index (χ1v) is 8.26. The summed E-state index contributed by atoms with van der Waals surface area (Å²) in [5, 5.41) is 15.0. The van der Waals surface area contributed by atoms with Gasteiger partial charge in [-0.1, -0.05) is 0 Å². The average Bonchev–Trinajstić information content (AvgIpc) is 3.12. The summed E-state index contributed by atoms with van der Waals surface area (Å²) in [7, 11) is 2.05. The fraction of sp³-hybridized carbons (Fsp3) is 0.529. The number of aliphatic hydroxyl groups is 1. The SMILES string of the molecule is CN1CCc2cc(NC(=O)CCC(=O)NC3CCOC3O)ccc21. The second-order valence-electron chi connectivity index (χ2n) is 6.29. The lowest BCUT2D eigenvalue weighted by atomic mass is 10.1. The summed E-state index contributed by atoms with van der Waals surface area (Å²) in [6, 6.07) is 5.49. The van der Waals surface area contributed by atoms with E-state index in [1.807, 2.05) is 18.2 Å². The normalized spacial score (nSPS) is 22.3. The zero-order valence-corrected chi connectivity index (χ0v) is 13.7.